The minimum absolute atomic E-state index is 0.0328. The van der Waals surface area contributed by atoms with E-state index in [0.29, 0.717) is 43.3 Å². The number of carbonyl (C=O) groups excluding carboxylic acids is 1. The third-order valence-corrected chi connectivity index (χ3v) is 6.78. The predicted molar refractivity (Wildman–Crippen MR) is 150 cm³/mol. The molecular formula is C30H25F2N5O4. The molecule has 3 aromatic carbocycles. The summed E-state index contributed by atoms with van der Waals surface area (Å²) in [4.78, 5) is 28.3. The van der Waals surface area contributed by atoms with E-state index in [1.807, 2.05) is 6.07 Å². The number of ether oxygens (including phenoxy) is 2. The van der Waals surface area contributed by atoms with Crippen LogP contribution in [0, 0.1) is 18.6 Å². The third-order valence-electron chi connectivity index (χ3n) is 6.78. The molecule has 1 aliphatic heterocycles. The molecule has 208 valence electrons. The van der Waals surface area contributed by atoms with Gasteiger partial charge in [0.2, 0.25) is 0 Å². The minimum Gasteiger partial charge on any atom is -0.452 e. The summed E-state index contributed by atoms with van der Waals surface area (Å²) in [6.07, 6.45) is 3.22. The molecule has 1 saturated heterocycles. The lowest BCUT2D eigenvalue weighted by Gasteiger charge is -2.30. The lowest BCUT2D eigenvalue weighted by atomic mass is 10.1. The lowest BCUT2D eigenvalue weighted by Crippen LogP contribution is -2.36. The second kappa shape index (κ2) is 10.9. The van der Waals surface area contributed by atoms with Crippen molar-refractivity contribution in [1.82, 2.24) is 14.8 Å². The molecule has 2 aromatic heterocycles. The highest BCUT2D eigenvalue weighted by Crippen LogP contribution is 2.37. The predicted octanol–water partition coefficient (Wildman–Crippen LogP) is 5.18. The molecule has 9 nitrogen and oxygen atoms in total. The van der Waals surface area contributed by atoms with Gasteiger partial charge in [-0.15, -0.1) is 0 Å². The van der Waals surface area contributed by atoms with Crippen LogP contribution in [-0.4, -0.2) is 47.0 Å². The SMILES string of the molecule is Cc1cc(C(=O)Nc2ccc(Oc3cc4cn[nH]c4cc3N3CCOCC3)c(F)c2)c(=O)n(-c2ccc(F)cc2)c1. The number of amides is 1. The van der Waals surface area contributed by atoms with Gasteiger partial charge in [0.25, 0.3) is 11.5 Å². The van der Waals surface area contributed by atoms with Crippen molar-refractivity contribution >= 4 is 28.2 Å². The molecule has 1 amide bonds. The van der Waals surface area contributed by atoms with Crippen LogP contribution in [0.2, 0.25) is 0 Å². The zero-order valence-corrected chi connectivity index (χ0v) is 22.0. The topological polar surface area (TPSA) is 101 Å². The van der Waals surface area contributed by atoms with Crippen molar-refractivity contribution in [2.75, 3.05) is 36.5 Å². The average molecular weight is 558 g/mol. The summed E-state index contributed by atoms with van der Waals surface area (Å²) in [5.74, 6) is -1.42. The molecule has 2 N–H and O–H groups in total. The minimum atomic E-state index is -0.706. The van der Waals surface area contributed by atoms with Gasteiger partial charge in [0.05, 0.1) is 30.6 Å². The van der Waals surface area contributed by atoms with E-state index >= 15 is 4.39 Å². The molecule has 0 atom stereocenters. The van der Waals surface area contributed by atoms with E-state index in [2.05, 4.69) is 20.4 Å². The number of hydrogen-bond donors (Lipinski definition) is 2. The van der Waals surface area contributed by atoms with Gasteiger partial charge in [0.15, 0.2) is 17.3 Å². The molecule has 11 heteroatoms. The summed E-state index contributed by atoms with van der Waals surface area (Å²) in [6.45, 7) is 4.18. The summed E-state index contributed by atoms with van der Waals surface area (Å²) < 4.78 is 41.4. The van der Waals surface area contributed by atoms with Crippen LogP contribution >= 0.6 is 0 Å². The standard InChI is InChI=1S/C30H25F2N5O4/c1-18-12-23(30(39)37(17-18)22-5-2-20(31)3-6-22)29(38)34-21-4-7-27(24(32)14-21)41-28-13-19-16-33-35-25(19)15-26(28)36-8-10-40-11-9-36/h2-7,12-17H,8-11H2,1H3,(H,33,35)(H,34,38). The number of carbonyl (C=O) groups is 1. The van der Waals surface area contributed by atoms with Crippen LogP contribution in [0.4, 0.5) is 20.2 Å². The smallest absolute Gasteiger partial charge is 0.267 e. The second-order valence-corrected chi connectivity index (χ2v) is 9.66. The molecule has 41 heavy (non-hydrogen) atoms. The number of morpholine rings is 1. The Morgan fingerprint density at radius 2 is 1.80 bits per heavy atom. The quantitative estimate of drug-likeness (QED) is 0.298. The van der Waals surface area contributed by atoms with Crippen molar-refractivity contribution in [2.45, 2.75) is 6.92 Å². The molecule has 0 unspecified atom stereocenters. The summed E-state index contributed by atoms with van der Waals surface area (Å²) in [6, 6.07) is 14.5. The van der Waals surface area contributed by atoms with E-state index in [4.69, 9.17) is 9.47 Å². The summed E-state index contributed by atoms with van der Waals surface area (Å²) in [7, 11) is 0. The number of H-pyrrole nitrogens is 1. The van der Waals surface area contributed by atoms with E-state index in [-0.39, 0.29) is 17.0 Å². The Morgan fingerprint density at radius 3 is 2.56 bits per heavy atom. The van der Waals surface area contributed by atoms with Gasteiger partial charge >= 0.3 is 0 Å². The first-order valence-corrected chi connectivity index (χ1v) is 12.9. The van der Waals surface area contributed by atoms with E-state index in [1.165, 1.54) is 47.0 Å². The Morgan fingerprint density at radius 1 is 1.02 bits per heavy atom. The Balaban J connectivity index is 1.25. The van der Waals surface area contributed by atoms with Crippen molar-refractivity contribution in [3.63, 3.8) is 0 Å². The lowest BCUT2D eigenvalue weighted by molar-refractivity contribution is 0.102. The zero-order valence-electron chi connectivity index (χ0n) is 22.0. The maximum atomic E-state index is 15.3. The maximum Gasteiger partial charge on any atom is 0.267 e. The molecule has 0 bridgehead atoms. The Kier molecular flexibility index (Phi) is 6.94. The number of rotatable bonds is 6. The van der Waals surface area contributed by atoms with Gasteiger partial charge in [0, 0.05) is 42.1 Å². The first-order valence-electron chi connectivity index (χ1n) is 12.9. The van der Waals surface area contributed by atoms with Crippen molar-refractivity contribution in [1.29, 1.82) is 0 Å². The van der Waals surface area contributed by atoms with Gasteiger partial charge in [-0.05, 0) is 67.1 Å². The number of anilines is 2. The number of nitrogens with zero attached hydrogens (tertiary/aromatic N) is 3. The molecular weight excluding hydrogens is 532 g/mol. The average Bonchev–Trinajstić information content (AvgIpc) is 3.43. The Labute approximate surface area is 232 Å². The first-order chi connectivity index (χ1) is 19.9. The van der Waals surface area contributed by atoms with E-state index < -0.39 is 23.1 Å². The van der Waals surface area contributed by atoms with E-state index in [1.54, 1.807) is 25.4 Å². The molecule has 1 fully saturated rings. The number of aromatic nitrogens is 3. The molecule has 3 heterocycles. The zero-order chi connectivity index (χ0) is 28.5. The highest BCUT2D eigenvalue weighted by molar-refractivity contribution is 6.04. The normalized spacial score (nSPS) is 13.4. The van der Waals surface area contributed by atoms with Gasteiger partial charge in [-0.2, -0.15) is 5.10 Å². The fourth-order valence-electron chi connectivity index (χ4n) is 4.75. The van der Waals surface area contributed by atoms with Crippen LogP contribution in [0.25, 0.3) is 16.6 Å². The van der Waals surface area contributed by atoms with E-state index in [0.717, 1.165) is 22.7 Å². The number of aryl methyl sites for hydroxylation is 1. The van der Waals surface area contributed by atoms with E-state index in [9.17, 15) is 14.0 Å². The number of fused-ring (bicyclic) bond motifs is 1. The Hall–Kier alpha value is -5.03. The number of benzene rings is 3. The van der Waals surface area contributed by atoms with Gasteiger partial charge in [-0.25, -0.2) is 8.78 Å². The number of hydrogen-bond acceptors (Lipinski definition) is 6. The van der Waals surface area contributed by atoms with Crippen molar-refractivity contribution in [2.24, 2.45) is 0 Å². The molecule has 5 aromatic rings. The van der Waals surface area contributed by atoms with Crippen LogP contribution in [-0.2, 0) is 4.74 Å². The molecule has 6 rings (SSSR count). The van der Waals surface area contributed by atoms with Crippen molar-refractivity contribution in [3.8, 4) is 17.2 Å². The fraction of sp³-hybridized carbons (Fsp3) is 0.167. The highest BCUT2D eigenvalue weighted by Gasteiger charge is 2.20. The van der Waals surface area contributed by atoms with Crippen LogP contribution in [0.5, 0.6) is 11.5 Å². The molecule has 1 aliphatic rings. The largest absolute Gasteiger partial charge is 0.452 e. The Bertz CT molecular complexity index is 1810. The van der Waals surface area contributed by atoms with Gasteiger partial charge in [0.1, 0.15) is 11.4 Å². The molecule has 0 aliphatic carbocycles. The molecule has 0 radical (unpaired) electrons. The highest BCUT2D eigenvalue weighted by atomic mass is 19.1. The summed E-state index contributed by atoms with van der Waals surface area (Å²) >= 11 is 0. The van der Waals surface area contributed by atoms with Crippen LogP contribution in [0.15, 0.2) is 77.9 Å². The number of aromatic amines is 1. The number of nitrogens with one attached hydrogen (secondary N) is 2. The second-order valence-electron chi connectivity index (χ2n) is 9.66. The van der Waals surface area contributed by atoms with Crippen LogP contribution in [0.1, 0.15) is 15.9 Å². The van der Waals surface area contributed by atoms with Crippen molar-refractivity contribution in [3.05, 3.63) is 106 Å². The third kappa shape index (κ3) is 5.39. The van der Waals surface area contributed by atoms with Gasteiger partial charge in [-0.1, -0.05) is 0 Å². The van der Waals surface area contributed by atoms with Crippen LogP contribution in [0.3, 0.4) is 0 Å². The van der Waals surface area contributed by atoms with Crippen LogP contribution < -0.4 is 20.5 Å². The van der Waals surface area contributed by atoms with Gasteiger partial charge in [-0.3, -0.25) is 19.3 Å². The molecule has 0 saturated carbocycles. The maximum absolute atomic E-state index is 15.3. The summed E-state index contributed by atoms with van der Waals surface area (Å²) in [5.41, 5.74) is 2.06. The van der Waals surface area contributed by atoms with Crippen molar-refractivity contribution < 1.29 is 23.0 Å². The monoisotopic (exact) mass is 557 g/mol. The number of halogens is 2. The molecule has 0 spiro atoms. The summed E-state index contributed by atoms with van der Waals surface area (Å²) in [5, 5.41) is 10.4. The first kappa shape index (κ1) is 26.2. The van der Waals surface area contributed by atoms with Gasteiger partial charge < -0.3 is 19.7 Å². The number of pyridine rings is 1. The fourth-order valence-corrected chi connectivity index (χ4v) is 4.75.